The van der Waals surface area contributed by atoms with Gasteiger partial charge in [0.15, 0.2) is 0 Å². The standard InChI is InChI=1S/C14H21NO4S/c1-18-11-4-5-12(13(10-11)19-2)14(17)15-6-9-20-8-3-7-16/h4-5,10,16H,3,6-9H2,1-2H3,(H,15,17). The number of hydrogen-bond donors (Lipinski definition) is 2. The summed E-state index contributed by atoms with van der Waals surface area (Å²) in [7, 11) is 3.09. The number of hydrogen-bond acceptors (Lipinski definition) is 5. The highest BCUT2D eigenvalue weighted by molar-refractivity contribution is 7.99. The molecule has 0 saturated heterocycles. The number of thioether (sulfide) groups is 1. The van der Waals surface area contributed by atoms with Crippen molar-refractivity contribution in [3.05, 3.63) is 23.8 Å². The van der Waals surface area contributed by atoms with Crippen LogP contribution in [-0.4, -0.2) is 49.9 Å². The average molecular weight is 299 g/mol. The van der Waals surface area contributed by atoms with Crippen molar-refractivity contribution >= 4 is 17.7 Å². The molecule has 1 aromatic carbocycles. The van der Waals surface area contributed by atoms with Crippen molar-refractivity contribution in [2.45, 2.75) is 6.42 Å². The van der Waals surface area contributed by atoms with Crippen LogP contribution in [-0.2, 0) is 0 Å². The smallest absolute Gasteiger partial charge is 0.255 e. The maximum atomic E-state index is 12.0. The zero-order valence-corrected chi connectivity index (χ0v) is 12.7. The molecule has 20 heavy (non-hydrogen) atoms. The van der Waals surface area contributed by atoms with E-state index in [-0.39, 0.29) is 12.5 Å². The number of methoxy groups -OCH3 is 2. The van der Waals surface area contributed by atoms with E-state index in [1.165, 1.54) is 7.11 Å². The molecule has 0 heterocycles. The fourth-order valence-corrected chi connectivity index (χ4v) is 2.37. The van der Waals surface area contributed by atoms with Gasteiger partial charge in [-0.05, 0) is 24.3 Å². The molecule has 0 spiro atoms. The third-order valence-corrected chi connectivity index (χ3v) is 3.70. The number of aliphatic hydroxyl groups is 1. The molecule has 0 radical (unpaired) electrons. The number of ether oxygens (including phenoxy) is 2. The summed E-state index contributed by atoms with van der Waals surface area (Å²) in [5.74, 6) is 2.71. The van der Waals surface area contributed by atoms with Crippen molar-refractivity contribution in [3.63, 3.8) is 0 Å². The van der Waals surface area contributed by atoms with E-state index in [4.69, 9.17) is 14.6 Å². The summed E-state index contributed by atoms with van der Waals surface area (Å²) in [4.78, 5) is 12.0. The van der Waals surface area contributed by atoms with Crippen LogP contribution in [0.15, 0.2) is 18.2 Å². The average Bonchev–Trinajstić information content (AvgIpc) is 2.49. The second-order valence-corrected chi connectivity index (χ2v) is 5.24. The summed E-state index contributed by atoms with van der Waals surface area (Å²) in [6.45, 7) is 0.798. The molecule has 2 N–H and O–H groups in total. The van der Waals surface area contributed by atoms with Crippen molar-refractivity contribution in [2.24, 2.45) is 0 Å². The Labute approximate surface area is 123 Å². The third kappa shape index (κ3) is 5.30. The van der Waals surface area contributed by atoms with Gasteiger partial charge >= 0.3 is 0 Å². The number of nitrogens with one attached hydrogen (secondary N) is 1. The zero-order chi connectivity index (χ0) is 14.8. The lowest BCUT2D eigenvalue weighted by atomic mass is 10.2. The van der Waals surface area contributed by atoms with Gasteiger partial charge in [0.25, 0.3) is 5.91 Å². The maximum absolute atomic E-state index is 12.0. The molecular formula is C14H21NO4S. The van der Waals surface area contributed by atoms with Gasteiger partial charge < -0.3 is 19.9 Å². The predicted octanol–water partition coefficient (Wildman–Crippen LogP) is 1.55. The van der Waals surface area contributed by atoms with Gasteiger partial charge in [0.05, 0.1) is 19.8 Å². The summed E-state index contributed by atoms with van der Waals surface area (Å²) in [6, 6.07) is 5.10. The van der Waals surface area contributed by atoms with Gasteiger partial charge in [-0.15, -0.1) is 0 Å². The van der Waals surface area contributed by atoms with E-state index in [1.807, 2.05) is 0 Å². The van der Waals surface area contributed by atoms with Crippen LogP contribution in [0, 0.1) is 0 Å². The number of benzene rings is 1. The van der Waals surface area contributed by atoms with Crippen molar-refractivity contribution in [1.82, 2.24) is 5.32 Å². The molecule has 0 fully saturated rings. The molecule has 0 aliphatic heterocycles. The van der Waals surface area contributed by atoms with Gasteiger partial charge in [-0.25, -0.2) is 0 Å². The quantitative estimate of drug-likeness (QED) is 0.677. The van der Waals surface area contributed by atoms with Gasteiger partial charge in [0, 0.05) is 25.0 Å². The summed E-state index contributed by atoms with van der Waals surface area (Å²) < 4.78 is 10.3. The minimum Gasteiger partial charge on any atom is -0.497 e. The first kappa shape index (κ1) is 16.7. The minimum atomic E-state index is -0.160. The van der Waals surface area contributed by atoms with E-state index >= 15 is 0 Å². The summed E-state index contributed by atoms with van der Waals surface area (Å²) in [5, 5.41) is 11.5. The minimum absolute atomic E-state index is 0.160. The lowest BCUT2D eigenvalue weighted by molar-refractivity contribution is 0.0953. The Balaban J connectivity index is 2.46. The number of rotatable bonds is 9. The fraction of sp³-hybridized carbons (Fsp3) is 0.500. The number of carbonyl (C=O) groups excluding carboxylic acids is 1. The zero-order valence-electron chi connectivity index (χ0n) is 11.8. The summed E-state index contributed by atoms with van der Waals surface area (Å²) in [6.07, 6.45) is 0.783. The van der Waals surface area contributed by atoms with Gasteiger partial charge in [0.2, 0.25) is 0 Å². The second kappa shape index (κ2) is 9.50. The van der Waals surface area contributed by atoms with Crippen LogP contribution >= 0.6 is 11.8 Å². The normalized spacial score (nSPS) is 10.2. The highest BCUT2D eigenvalue weighted by atomic mass is 32.2. The molecule has 6 heteroatoms. The van der Waals surface area contributed by atoms with Crippen LogP contribution in [0.1, 0.15) is 16.8 Å². The molecule has 0 aliphatic carbocycles. The lowest BCUT2D eigenvalue weighted by Gasteiger charge is -2.10. The molecule has 0 bridgehead atoms. The van der Waals surface area contributed by atoms with Crippen molar-refractivity contribution in [2.75, 3.05) is 38.9 Å². The van der Waals surface area contributed by atoms with Gasteiger partial charge in [-0.1, -0.05) is 0 Å². The van der Waals surface area contributed by atoms with Crippen LogP contribution in [0.5, 0.6) is 11.5 Å². The van der Waals surface area contributed by atoms with E-state index < -0.39 is 0 Å². The monoisotopic (exact) mass is 299 g/mol. The third-order valence-electron chi connectivity index (χ3n) is 2.63. The van der Waals surface area contributed by atoms with Crippen LogP contribution in [0.3, 0.4) is 0 Å². The number of aliphatic hydroxyl groups excluding tert-OH is 1. The molecule has 1 aromatic rings. The summed E-state index contributed by atoms with van der Waals surface area (Å²) in [5.41, 5.74) is 0.494. The van der Waals surface area contributed by atoms with Gasteiger partial charge in [0.1, 0.15) is 11.5 Å². The molecule has 5 nitrogen and oxygen atoms in total. The first-order valence-electron chi connectivity index (χ1n) is 6.41. The topological polar surface area (TPSA) is 67.8 Å². The Hall–Kier alpha value is -1.40. The molecule has 0 aromatic heterocycles. The van der Waals surface area contributed by atoms with Crippen LogP contribution in [0.25, 0.3) is 0 Å². The Kier molecular flexibility index (Phi) is 7.91. The van der Waals surface area contributed by atoms with Crippen molar-refractivity contribution in [1.29, 1.82) is 0 Å². The predicted molar refractivity (Wildman–Crippen MR) is 80.9 cm³/mol. The first-order valence-corrected chi connectivity index (χ1v) is 7.57. The molecule has 112 valence electrons. The highest BCUT2D eigenvalue weighted by Crippen LogP contribution is 2.24. The van der Waals surface area contributed by atoms with E-state index in [1.54, 1.807) is 37.1 Å². The van der Waals surface area contributed by atoms with Crippen LogP contribution in [0.2, 0.25) is 0 Å². The molecule has 0 saturated carbocycles. The Morgan fingerprint density at radius 1 is 1.30 bits per heavy atom. The Morgan fingerprint density at radius 2 is 2.10 bits per heavy atom. The number of amides is 1. The van der Waals surface area contributed by atoms with E-state index in [2.05, 4.69) is 5.32 Å². The molecule has 1 rings (SSSR count). The lowest BCUT2D eigenvalue weighted by Crippen LogP contribution is -2.26. The first-order chi connectivity index (χ1) is 9.72. The molecule has 0 unspecified atom stereocenters. The van der Waals surface area contributed by atoms with E-state index in [0.717, 1.165) is 17.9 Å². The Morgan fingerprint density at radius 3 is 2.75 bits per heavy atom. The second-order valence-electron chi connectivity index (χ2n) is 4.01. The van der Waals surface area contributed by atoms with Crippen molar-refractivity contribution in [3.8, 4) is 11.5 Å². The molecule has 0 atom stereocenters. The van der Waals surface area contributed by atoms with Gasteiger partial charge in [-0.2, -0.15) is 11.8 Å². The van der Waals surface area contributed by atoms with E-state index in [0.29, 0.717) is 23.6 Å². The molecule has 1 amide bonds. The van der Waals surface area contributed by atoms with Crippen LogP contribution < -0.4 is 14.8 Å². The van der Waals surface area contributed by atoms with Crippen molar-refractivity contribution < 1.29 is 19.4 Å². The SMILES string of the molecule is COc1ccc(C(=O)NCCSCCCO)c(OC)c1. The molecular weight excluding hydrogens is 278 g/mol. The number of carbonyl (C=O) groups is 1. The maximum Gasteiger partial charge on any atom is 0.255 e. The van der Waals surface area contributed by atoms with Gasteiger partial charge in [-0.3, -0.25) is 4.79 Å². The van der Waals surface area contributed by atoms with Crippen LogP contribution in [0.4, 0.5) is 0 Å². The highest BCUT2D eigenvalue weighted by Gasteiger charge is 2.12. The fourth-order valence-electron chi connectivity index (χ4n) is 1.59. The van der Waals surface area contributed by atoms with E-state index in [9.17, 15) is 4.79 Å². The Bertz CT molecular complexity index is 426. The summed E-state index contributed by atoms with van der Waals surface area (Å²) >= 11 is 1.71. The largest absolute Gasteiger partial charge is 0.497 e. The molecule has 0 aliphatic rings.